The third kappa shape index (κ3) is 3.82. The van der Waals surface area contributed by atoms with Crippen molar-refractivity contribution in [3.05, 3.63) is 10.1 Å². The highest BCUT2D eigenvalue weighted by Gasteiger charge is 2.38. The van der Waals surface area contributed by atoms with E-state index < -0.39 is 5.03 Å². The fourth-order valence-electron chi connectivity index (χ4n) is 3.03. The van der Waals surface area contributed by atoms with Gasteiger partial charge in [-0.15, -0.1) is 0 Å². The van der Waals surface area contributed by atoms with Crippen LogP contribution in [0.1, 0.15) is 27.2 Å². The number of hydrogen-bond acceptors (Lipinski definition) is 4. The van der Waals surface area contributed by atoms with E-state index in [0.717, 1.165) is 19.5 Å². The van der Waals surface area contributed by atoms with Crippen molar-refractivity contribution >= 4 is 5.96 Å². The Morgan fingerprint density at radius 3 is 2.81 bits per heavy atom. The van der Waals surface area contributed by atoms with E-state index >= 15 is 0 Å². The number of nitrogens with zero attached hydrogens (tertiary/aromatic N) is 4. The van der Waals surface area contributed by atoms with Crippen LogP contribution in [0.3, 0.4) is 0 Å². The summed E-state index contributed by atoms with van der Waals surface area (Å²) < 4.78 is 11.0. The molecule has 0 aromatic heterocycles. The number of rotatable bonds is 5. The molecule has 0 aliphatic carbocycles. The number of hydrazone groups is 1. The summed E-state index contributed by atoms with van der Waals surface area (Å²) >= 11 is 0. The Labute approximate surface area is 124 Å². The summed E-state index contributed by atoms with van der Waals surface area (Å²) in [5.74, 6) is 0.758. The summed E-state index contributed by atoms with van der Waals surface area (Å²) in [6.07, 6.45) is 0.722. The van der Waals surface area contributed by atoms with Crippen LogP contribution in [0.4, 0.5) is 0 Å². The Morgan fingerprint density at radius 1 is 1.57 bits per heavy atom. The summed E-state index contributed by atoms with van der Waals surface area (Å²) in [6.45, 7) is 8.82. The fourth-order valence-corrected chi connectivity index (χ4v) is 3.03. The molecule has 2 fully saturated rings. The lowest BCUT2D eigenvalue weighted by atomic mass is 9.97. The van der Waals surface area contributed by atoms with E-state index in [1.807, 2.05) is 16.7 Å². The average Bonchev–Trinajstić information content (AvgIpc) is 2.93. The van der Waals surface area contributed by atoms with Gasteiger partial charge in [-0.1, -0.05) is 0 Å². The van der Waals surface area contributed by atoms with E-state index in [4.69, 9.17) is 9.47 Å². The molecule has 0 bridgehead atoms. The van der Waals surface area contributed by atoms with Crippen molar-refractivity contribution in [1.82, 2.24) is 9.80 Å². The fraction of sp³-hybridized carbons (Fsp3) is 0.923. The minimum Gasteiger partial charge on any atom is -0.375 e. The highest BCUT2D eigenvalue weighted by atomic mass is 16.7. The van der Waals surface area contributed by atoms with Crippen molar-refractivity contribution in [2.45, 2.75) is 39.0 Å². The molecule has 0 radical (unpaired) electrons. The molecule has 120 valence electrons. The molecule has 0 spiro atoms. The molecule has 0 saturated carbocycles. The van der Waals surface area contributed by atoms with Crippen molar-refractivity contribution in [1.29, 1.82) is 0 Å². The van der Waals surface area contributed by atoms with E-state index in [9.17, 15) is 10.1 Å². The molecule has 2 heterocycles. The van der Waals surface area contributed by atoms with Crippen LogP contribution in [-0.4, -0.2) is 66.0 Å². The van der Waals surface area contributed by atoms with Crippen LogP contribution >= 0.6 is 0 Å². The largest absolute Gasteiger partial charge is 0.375 e. The van der Waals surface area contributed by atoms with Crippen LogP contribution in [0.25, 0.3) is 0 Å². The molecule has 0 amide bonds. The first-order valence-corrected chi connectivity index (χ1v) is 7.24. The molecular weight excluding hydrogens is 276 g/mol. The summed E-state index contributed by atoms with van der Waals surface area (Å²) in [5.41, 5.74) is -0.107. The minimum atomic E-state index is -0.641. The molecule has 8 heteroatoms. The third-order valence-corrected chi connectivity index (χ3v) is 4.07. The molecule has 2 saturated heterocycles. The average molecular weight is 300 g/mol. The Morgan fingerprint density at radius 2 is 2.29 bits per heavy atom. The van der Waals surface area contributed by atoms with E-state index in [0.29, 0.717) is 25.0 Å². The van der Waals surface area contributed by atoms with Gasteiger partial charge in [-0.25, -0.2) is 10.1 Å². The monoisotopic (exact) mass is 300 g/mol. The van der Waals surface area contributed by atoms with Gasteiger partial charge in [-0.3, -0.25) is 0 Å². The van der Waals surface area contributed by atoms with Crippen molar-refractivity contribution in [2.24, 2.45) is 11.0 Å². The molecule has 8 nitrogen and oxygen atoms in total. The van der Waals surface area contributed by atoms with E-state index in [1.165, 1.54) is 0 Å². The smallest absolute Gasteiger partial charge is 0.276 e. The Kier molecular flexibility index (Phi) is 4.67. The molecule has 2 aliphatic rings. The number of methoxy groups -OCH3 is 1. The van der Waals surface area contributed by atoms with Gasteiger partial charge < -0.3 is 19.3 Å². The normalized spacial score (nSPS) is 28.4. The van der Waals surface area contributed by atoms with Gasteiger partial charge >= 0.3 is 0 Å². The quantitative estimate of drug-likeness (QED) is 0.556. The Hall–Kier alpha value is -1.41. The van der Waals surface area contributed by atoms with Crippen LogP contribution in [0.2, 0.25) is 0 Å². The van der Waals surface area contributed by atoms with Gasteiger partial charge in [0.1, 0.15) is 11.3 Å². The van der Waals surface area contributed by atoms with E-state index in [1.54, 1.807) is 7.11 Å². The zero-order valence-corrected chi connectivity index (χ0v) is 13.1. The molecule has 0 N–H and O–H groups in total. The lowest BCUT2D eigenvalue weighted by Crippen LogP contribution is -2.42. The maximum absolute atomic E-state index is 10.8. The van der Waals surface area contributed by atoms with Gasteiger partial charge in [0.2, 0.25) is 0 Å². The molecular formula is C13H24N4O4. The molecule has 2 unspecified atom stereocenters. The second kappa shape index (κ2) is 6.15. The van der Waals surface area contributed by atoms with Crippen molar-refractivity contribution in [2.75, 3.05) is 33.4 Å². The number of guanidine groups is 1. The van der Waals surface area contributed by atoms with Gasteiger partial charge in [0.25, 0.3) is 5.96 Å². The lowest BCUT2D eigenvalue weighted by Gasteiger charge is -2.26. The highest BCUT2D eigenvalue weighted by Crippen LogP contribution is 2.30. The van der Waals surface area contributed by atoms with Gasteiger partial charge in [-0.05, 0) is 27.2 Å². The van der Waals surface area contributed by atoms with Gasteiger partial charge in [0.15, 0.2) is 5.03 Å². The first kappa shape index (κ1) is 16.0. The number of hydrogen-bond donors (Lipinski definition) is 0. The summed E-state index contributed by atoms with van der Waals surface area (Å²) in [5, 5.41) is 13.7. The minimum absolute atomic E-state index is 0.107. The Balaban J connectivity index is 2.07. The van der Waals surface area contributed by atoms with Crippen LogP contribution < -0.4 is 0 Å². The first-order valence-electron chi connectivity index (χ1n) is 7.24. The molecule has 2 aliphatic heterocycles. The van der Waals surface area contributed by atoms with Crippen molar-refractivity contribution in [3.8, 4) is 0 Å². The van der Waals surface area contributed by atoms with Gasteiger partial charge in [0, 0.05) is 32.7 Å². The molecule has 21 heavy (non-hydrogen) atoms. The zero-order chi connectivity index (χ0) is 15.6. The third-order valence-electron chi connectivity index (χ3n) is 4.07. The summed E-state index contributed by atoms with van der Waals surface area (Å²) in [7, 11) is 1.59. The predicted octanol–water partition coefficient (Wildman–Crippen LogP) is 0.959. The predicted molar refractivity (Wildman–Crippen MR) is 77.3 cm³/mol. The second-order valence-electron chi connectivity index (χ2n) is 6.25. The topological polar surface area (TPSA) is 80.4 Å². The van der Waals surface area contributed by atoms with Crippen LogP contribution in [0.15, 0.2) is 5.10 Å². The number of nitro groups is 1. The molecule has 2 atom stereocenters. The molecule has 0 aromatic rings. The van der Waals surface area contributed by atoms with Crippen molar-refractivity contribution in [3.63, 3.8) is 0 Å². The SMILES string of the molecule is COC(C)N1CCN(CC2COC(C)(C)C2)C1=N[N+](=O)[O-]. The molecule has 2 rings (SSSR count). The maximum atomic E-state index is 10.8. The Bertz CT molecular complexity index is 426. The van der Waals surface area contributed by atoms with Crippen LogP contribution in [0, 0.1) is 16.0 Å². The summed E-state index contributed by atoms with van der Waals surface area (Å²) in [4.78, 5) is 14.6. The van der Waals surface area contributed by atoms with Crippen LogP contribution in [-0.2, 0) is 9.47 Å². The zero-order valence-electron chi connectivity index (χ0n) is 13.1. The maximum Gasteiger partial charge on any atom is 0.276 e. The van der Waals surface area contributed by atoms with Crippen molar-refractivity contribution < 1.29 is 14.5 Å². The summed E-state index contributed by atoms with van der Waals surface area (Å²) in [6, 6.07) is 0. The number of ether oxygens (including phenoxy) is 2. The lowest BCUT2D eigenvalue weighted by molar-refractivity contribution is -0.486. The van der Waals surface area contributed by atoms with Gasteiger partial charge in [0.05, 0.1) is 12.2 Å². The van der Waals surface area contributed by atoms with E-state index in [2.05, 4.69) is 18.9 Å². The molecule has 0 aromatic carbocycles. The highest BCUT2D eigenvalue weighted by molar-refractivity contribution is 5.81. The van der Waals surface area contributed by atoms with E-state index in [-0.39, 0.29) is 11.8 Å². The van der Waals surface area contributed by atoms with Gasteiger partial charge in [-0.2, -0.15) is 0 Å². The first-order chi connectivity index (χ1) is 9.82. The van der Waals surface area contributed by atoms with Crippen LogP contribution in [0.5, 0.6) is 0 Å². The standard InChI is InChI=1S/C13H24N4O4/c1-10(20-4)16-6-5-15(12(16)14-17(18)19)8-11-7-13(2,3)21-9-11/h10-11H,5-9H2,1-4H3. The second-order valence-corrected chi connectivity index (χ2v) is 6.25.